The number of carbonyl (C=O) groups excluding carboxylic acids is 1. The van der Waals surface area contributed by atoms with E-state index in [1.165, 1.54) is 11.3 Å². The van der Waals surface area contributed by atoms with Gasteiger partial charge >= 0.3 is 0 Å². The molecule has 1 amide bonds. The van der Waals surface area contributed by atoms with Gasteiger partial charge in [0.25, 0.3) is 5.91 Å². The van der Waals surface area contributed by atoms with Gasteiger partial charge in [-0.3, -0.25) is 9.78 Å². The number of nitrogens with zero attached hydrogens (tertiary/aromatic N) is 2. The van der Waals surface area contributed by atoms with Crippen LogP contribution in [0.2, 0.25) is 0 Å². The van der Waals surface area contributed by atoms with Gasteiger partial charge in [-0.15, -0.1) is 24.0 Å². The van der Waals surface area contributed by atoms with E-state index in [9.17, 15) is 4.79 Å². The Morgan fingerprint density at radius 1 is 1.47 bits per heavy atom. The van der Waals surface area contributed by atoms with Gasteiger partial charge in [-0.2, -0.15) is 0 Å². The van der Waals surface area contributed by atoms with Crippen LogP contribution >= 0.6 is 24.0 Å². The largest absolute Gasteiger partial charge is 0.337 e. The zero-order valence-electron chi connectivity index (χ0n) is 9.33. The summed E-state index contributed by atoms with van der Waals surface area (Å²) in [6, 6.07) is 5.60. The van der Waals surface area contributed by atoms with E-state index in [0.717, 1.165) is 10.5 Å². The first-order chi connectivity index (χ1) is 8.16. The molecular weight excluding hydrogens is 252 g/mol. The van der Waals surface area contributed by atoms with Crippen LogP contribution in [0.25, 0.3) is 0 Å². The zero-order valence-corrected chi connectivity index (χ0v) is 11.0. The molecule has 0 aromatic carbocycles. The Bertz CT molecular complexity index is 510. The normalized spacial score (nSPS) is 10.2. The van der Waals surface area contributed by atoms with Crippen molar-refractivity contribution in [3.05, 3.63) is 46.4 Å². The average molecular weight is 264 g/mol. The minimum absolute atomic E-state index is 0.0205. The third-order valence-corrected chi connectivity index (χ3v) is 3.66. The maximum Gasteiger partial charge on any atom is 0.264 e. The summed E-state index contributed by atoms with van der Waals surface area (Å²) in [6.45, 7) is 0.584. The predicted octanol–water partition coefficient (Wildman–Crippen LogP) is 2.70. The summed E-state index contributed by atoms with van der Waals surface area (Å²) in [7, 11) is 1.79. The minimum atomic E-state index is 0.0205. The quantitative estimate of drug-likeness (QED) is 0.865. The molecule has 0 fully saturated rings. The van der Waals surface area contributed by atoms with Gasteiger partial charge < -0.3 is 4.90 Å². The lowest BCUT2D eigenvalue weighted by atomic mass is 10.2. The second-order valence-electron chi connectivity index (χ2n) is 3.69. The van der Waals surface area contributed by atoms with Gasteiger partial charge in [0.05, 0.1) is 4.88 Å². The van der Waals surface area contributed by atoms with E-state index in [0.29, 0.717) is 11.4 Å². The number of amides is 1. The van der Waals surface area contributed by atoms with Crippen molar-refractivity contribution in [1.82, 2.24) is 9.88 Å². The van der Waals surface area contributed by atoms with Crippen molar-refractivity contribution in [1.29, 1.82) is 0 Å². The van der Waals surface area contributed by atoms with Crippen LogP contribution < -0.4 is 0 Å². The molecule has 0 N–H and O–H groups in total. The highest BCUT2D eigenvalue weighted by Crippen LogP contribution is 2.19. The molecule has 2 rings (SSSR count). The highest BCUT2D eigenvalue weighted by Gasteiger charge is 2.13. The van der Waals surface area contributed by atoms with Gasteiger partial charge in [0.15, 0.2) is 0 Å². The average Bonchev–Trinajstić information content (AvgIpc) is 2.76. The van der Waals surface area contributed by atoms with Crippen LogP contribution in [0.4, 0.5) is 0 Å². The summed E-state index contributed by atoms with van der Waals surface area (Å²) in [5, 5.41) is 1.86. The molecule has 17 heavy (non-hydrogen) atoms. The van der Waals surface area contributed by atoms with E-state index in [-0.39, 0.29) is 5.91 Å². The van der Waals surface area contributed by atoms with Crippen molar-refractivity contribution >= 4 is 29.9 Å². The fourth-order valence-electron chi connectivity index (χ4n) is 1.46. The molecule has 2 aromatic rings. The Hall–Kier alpha value is -1.33. The predicted molar refractivity (Wildman–Crippen MR) is 71.6 cm³/mol. The van der Waals surface area contributed by atoms with Gasteiger partial charge in [0, 0.05) is 36.3 Å². The maximum atomic E-state index is 12.0. The number of hydrogen-bond donors (Lipinski definition) is 1. The number of thiol groups is 1. The Balaban J connectivity index is 2.06. The summed E-state index contributed by atoms with van der Waals surface area (Å²) in [5.41, 5.74) is 1.07. The number of pyridine rings is 1. The molecule has 0 atom stereocenters. The van der Waals surface area contributed by atoms with Gasteiger partial charge in [0.2, 0.25) is 0 Å². The fourth-order valence-corrected chi connectivity index (χ4v) is 2.60. The van der Waals surface area contributed by atoms with Crippen LogP contribution in [-0.2, 0) is 6.54 Å². The Morgan fingerprint density at radius 3 is 2.76 bits per heavy atom. The molecule has 0 saturated carbocycles. The van der Waals surface area contributed by atoms with E-state index < -0.39 is 0 Å². The molecule has 0 radical (unpaired) electrons. The standard InChI is InChI=1S/C12H12N2OS2/c1-14(7-9-2-4-13-5-3-9)12(15)11-6-10(16)8-17-11/h2-6,8,16H,7H2,1H3. The molecule has 0 aliphatic heterocycles. The van der Waals surface area contributed by atoms with E-state index >= 15 is 0 Å². The lowest BCUT2D eigenvalue weighted by molar-refractivity contribution is 0.0789. The summed E-state index contributed by atoms with van der Waals surface area (Å²) >= 11 is 5.62. The molecule has 0 aliphatic rings. The number of rotatable bonds is 3. The Morgan fingerprint density at radius 2 is 2.18 bits per heavy atom. The van der Waals surface area contributed by atoms with Gasteiger partial charge in [-0.1, -0.05) is 0 Å². The first-order valence-electron chi connectivity index (χ1n) is 5.08. The SMILES string of the molecule is CN(Cc1ccncc1)C(=O)c1cc(S)cs1. The molecule has 0 spiro atoms. The van der Waals surface area contributed by atoms with Gasteiger partial charge in [0.1, 0.15) is 0 Å². The van der Waals surface area contributed by atoms with Crippen molar-refractivity contribution in [2.45, 2.75) is 11.4 Å². The van der Waals surface area contributed by atoms with Gasteiger partial charge in [-0.25, -0.2) is 0 Å². The molecular formula is C12H12N2OS2. The second kappa shape index (κ2) is 5.33. The van der Waals surface area contributed by atoms with Crippen LogP contribution in [0.5, 0.6) is 0 Å². The van der Waals surface area contributed by atoms with Crippen molar-refractivity contribution in [3.63, 3.8) is 0 Å². The fraction of sp³-hybridized carbons (Fsp3) is 0.167. The minimum Gasteiger partial charge on any atom is -0.337 e. The number of aromatic nitrogens is 1. The maximum absolute atomic E-state index is 12.0. The highest BCUT2D eigenvalue weighted by molar-refractivity contribution is 7.80. The van der Waals surface area contributed by atoms with Crippen LogP contribution in [0.1, 0.15) is 15.2 Å². The Kier molecular flexibility index (Phi) is 3.81. The van der Waals surface area contributed by atoms with Crippen LogP contribution in [0.3, 0.4) is 0 Å². The highest BCUT2D eigenvalue weighted by atomic mass is 32.1. The molecule has 3 nitrogen and oxygen atoms in total. The summed E-state index contributed by atoms with van der Waals surface area (Å²) in [4.78, 5) is 19.2. The first kappa shape index (κ1) is 12.1. The molecule has 88 valence electrons. The molecule has 2 heterocycles. The van der Waals surface area contributed by atoms with E-state index in [1.54, 1.807) is 30.4 Å². The van der Waals surface area contributed by atoms with Crippen molar-refractivity contribution in [2.75, 3.05) is 7.05 Å². The van der Waals surface area contributed by atoms with Crippen LogP contribution in [0.15, 0.2) is 40.9 Å². The summed E-state index contributed by atoms with van der Waals surface area (Å²) in [5.74, 6) is 0.0205. The van der Waals surface area contributed by atoms with Crippen molar-refractivity contribution in [3.8, 4) is 0 Å². The first-order valence-corrected chi connectivity index (χ1v) is 6.41. The monoisotopic (exact) mass is 264 g/mol. The molecule has 0 bridgehead atoms. The number of hydrogen-bond acceptors (Lipinski definition) is 4. The van der Waals surface area contributed by atoms with E-state index in [2.05, 4.69) is 17.6 Å². The van der Waals surface area contributed by atoms with E-state index in [4.69, 9.17) is 0 Å². The molecule has 2 aromatic heterocycles. The lowest BCUT2D eigenvalue weighted by Gasteiger charge is -2.15. The third-order valence-electron chi connectivity index (χ3n) is 2.31. The lowest BCUT2D eigenvalue weighted by Crippen LogP contribution is -2.25. The van der Waals surface area contributed by atoms with Gasteiger partial charge in [-0.05, 0) is 23.8 Å². The Labute approximate surface area is 110 Å². The third kappa shape index (κ3) is 3.08. The smallest absolute Gasteiger partial charge is 0.264 e. The summed E-state index contributed by atoms with van der Waals surface area (Å²) < 4.78 is 0. The molecule has 5 heteroatoms. The van der Waals surface area contributed by atoms with Crippen molar-refractivity contribution < 1.29 is 4.79 Å². The molecule has 0 aliphatic carbocycles. The van der Waals surface area contributed by atoms with Crippen molar-refractivity contribution in [2.24, 2.45) is 0 Å². The van der Waals surface area contributed by atoms with Crippen LogP contribution in [0, 0.1) is 0 Å². The zero-order chi connectivity index (χ0) is 12.3. The molecule has 0 saturated heterocycles. The topological polar surface area (TPSA) is 33.2 Å². The molecule has 0 unspecified atom stereocenters. The second-order valence-corrected chi connectivity index (χ2v) is 5.11. The van der Waals surface area contributed by atoms with E-state index in [1.807, 2.05) is 17.5 Å². The van der Waals surface area contributed by atoms with Crippen LogP contribution in [-0.4, -0.2) is 22.8 Å². The summed E-state index contributed by atoms with van der Waals surface area (Å²) in [6.07, 6.45) is 3.45. The number of carbonyl (C=O) groups is 1. The number of thiophene rings is 1.